The van der Waals surface area contributed by atoms with Gasteiger partial charge in [-0.1, -0.05) is 18.2 Å². The molecule has 166 valence electrons. The minimum absolute atomic E-state index is 0.0729. The molecule has 0 spiro atoms. The summed E-state index contributed by atoms with van der Waals surface area (Å²) in [5.74, 6) is -1.26. The van der Waals surface area contributed by atoms with Gasteiger partial charge in [0.2, 0.25) is 0 Å². The Bertz CT molecular complexity index is 1330. The number of hydrogen-bond acceptors (Lipinski definition) is 5. The van der Waals surface area contributed by atoms with E-state index in [2.05, 4.69) is 10.1 Å². The Morgan fingerprint density at radius 1 is 1.31 bits per heavy atom. The molecule has 32 heavy (non-hydrogen) atoms. The van der Waals surface area contributed by atoms with Gasteiger partial charge < -0.3 is 19.4 Å². The van der Waals surface area contributed by atoms with Crippen LogP contribution in [0.1, 0.15) is 34.7 Å². The van der Waals surface area contributed by atoms with Crippen molar-refractivity contribution in [3.63, 3.8) is 0 Å². The van der Waals surface area contributed by atoms with E-state index in [9.17, 15) is 14.7 Å². The lowest BCUT2D eigenvalue weighted by Crippen LogP contribution is -2.29. The Morgan fingerprint density at radius 3 is 2.81 bits per heavy atom. The molecule has 4 rings (SSSR count). The second-order valence-electron chi connectivity index (χ2n) is 7.93. The summed E-state index contributed by atoms with van der Waals surface area (Å²) in [6, 6.07) is 9.60. The average molecular weight is 434 g/mol. The molecule has 1 unspecified atom stereocenters. The van der Waals surface area contributed by atoms with Gasteiger partial charge >= 0.3 is 5.97 Å². The molecule has 8 heteroatoms. The summed E-state index contributed by atoms with van der Waals surface area (Å²) < 4.78 is 8.09. The van der Waals surface area contributed by atoms with Gasteiger partial charge in [-0.05, 0) is 36.6 Å². The molecule has 8 nitrogen and oxygen atoms in total. The normalized spacial score (nSPS) is 12.2. The summed E-state index contributed by atoms with van der Waals surface area (Å²) in [4.78, 5) is 28.9. The summed E-state index contributed by atoms with van der Waals surface area (Å²) in [7, 11) is 3.06. The standard InChI is InChI=1S/C24H26N4O4/c1-15-10-21(29)23(19(11-22(30)32-3)17-13-26-27(2)14-17)24(31)28(15)9-8-16-12-25-20-7-5-4-6-18(16)20/h4-7,10,12-14,19,25,29H,8-9,11H2,1-3H3. The van der Waals surface area contributed by atoms with Crippen molar-refractivity contribution in [1.29, 1.82) is 0 Å². The number of methoxy groups -OCH3 is 1. The van der Waals surface area contributed by atoms with E-state index >= 15 is 0 Å². The number of H-pyrrole nitrogens is 1. The van der Waals surface area contributed by atoms with Crippen LogP contribution >= 0.6 is 0 Å². The summed E-state index contributed by atoms with van der Waals surface area (Å²) in [5, 5.41) is 16.0. The fourth-order valence-electron chi connectivity index (χ4n) is 4.20. The topological polar surface area (TPSA) is 102 Å². The van der Waals surface area contributed by atoms with E-state index in [1.807, 2.05) is 30.5 Å². The maximum absolute atomic E-state index is 13.5. The molecule has 1 atom stereocenters. The largest absolute Gasteiger partial charge is 0.507 e. The molecule has 3 aromatic heterocycles. The molecule has 0 radical (unpaired) electrons. The lowest BCUT2D eigenvalue weighted by Gasteiger charge is -2.19. The van der Waals surface area contributed by atoms with Crippen molar-refractivity contribution in [3.8, 4) is 5.75 Å². The summed E-state index contributed by atoms with van der Waals surface area (Å²) in [5.41, 5.74) is 3.33. The number of fused-ring (bicyclic) bond motifs is 1. The molecule has 2 N–H and O–H groups in total. The highest BCUT2D eigenvalue weighted by Gasteiger charge is 2.27. The number of aryl methyl sites for hydroxylation is 3. The number of pyridine rings is 1. The molecule has 3 heterocycles. The van der Waals surface area contributed by atoms with Crippen molar-refractivity contribution in [2.24, 2.45) is 7.05 Å². The number of esters is 1. The van der Waals surface area contributed by atoms with Gasteiger partial charge in [0.25, 0.3) is 5.56 Å². The number of hydrogen-bond donors (Lipinski definition) is 2. The number of para-hydroxylation sites is 1. The van der Waals surface area contributed by atoms with Crippen LogP contribution in [0, 0.1) is 6.92 Å². The molecule has 0 amide bonds. The van der Waals surface area contributed by atoms with Crippen LogP contribution in [0.3, 0.4) is 0 Å². The predicted octanol–water partition coefficient (Wildman–Crippen LogP) is 3.01. The van der Waals surface area contributed by atoms with Crippen molar-refractivity contribution >= 4 is 16.9 Å². The number of aromatic hydroxyl groups is 1. The first kappa shape index (κ1) is 21.4. The molecular formula is C24H26N4O4. The minimum atomic E-state index is -0.663. The number of ether oxygens (including phenoxy) is 1. The fraction of sp³-hybridized carbons (Fsp3) is 0.292. The van der Waals surface area contributed by atoms with Crippen molar-refractivity contribution in [1.82, 2.24) is 19.3 Å². The molecule has 0 bridgehead atoms. The van der Waals surface area contributed by atoms with Crippen LogP contribution in [0.25, 0.3) is 10.9 Å². The molecule has 0 aliphatic carbocycles. The van der Waals surface area contributed by atoms with Crippen LogP contribution in [-0.4, -0.2) is 37.5 Å². The molecule has 0 saturated heterocycles. The van der Waals surface area contributed by atoms with Crippen molar-refractivity contribution in [2.75, 3.05) is 7.11 Å². The van der Waals surface area contributed by atoms with Gasteiger partial charge in [-0.2, -0.15) is 5.10 Å². The second-order valence-corrected chi connectivity index (χ2v) is 7.93. The zero-order valence-electron chi connectivity index (χ0n) is 18.3. The number of rotatable bonds is 7. The Hall–Kier alpha value is -3.81. The van der Waals surface area contributed by atoms with Crippen LogP contribution in [0.15, 0.2) is 53.7 Å². The van der Waals surface area contributed by atoms with E-state index in [1.165, 1.54) is 7.11 Å². The van der Waals surface area contributed by atoms with Crippen LogP contribution < -0.4 is 5.56 Å². The summed E-state index contributed by atoms with van der Waals surface area (Å²) in [6.07, 6.45) is 5.87. The smallest absolute Gasteiger partial charge is 0.306 e. The number of aromatic nitrogens is 4. The first-order valence-corrected chi connectivity index (χ1v) is 10.4. The van der Waals surface area contributed by atoms with E-state index in [0.29, 0.717) is 24.2 Å². The average Bonchev–Trinajstić information content (AvgIpc) is 3.38. The predicted molar refractivity (Wildman–Crippen MR) is 121 cm³/mol. The molecule has 4 aromatic rings. The van der Waals surface area contributed by atoms with Crippen LogP contribution in [0.2, 0.25) is 0 Å². The van der Waals surface area contributed by atoms with Gasteiger partial charge in [-0.15, -0.1) is 0 Å². The van der Waals surface area contributed by atoms with Gasteiger partial charge in [0.1, 0.15) is 5.75 Å². The Kier molecular flexibility index (Phi) is 5.85. The van der Waals surface area contributed by atoms with Crippen molar-refractivity contribution < 1.29 is 14.6 Å². The SMILES string of the molecule is COC(=O)CC(c1cnn(C)c1)c1c(O)cc(C)n(CCc2c[nH]c3ccccc23)c1=O. The zero-order chi connectivity index (χ0) is 22.8. The zero-order valence-corrected chi connectivity index (χ0v) is 18.3. The Morgan fingerprint density at radius 2 is 2.09 bits per heavy atom. The quantitative estimate of drug-likeness (QED) is 0.436. The highest BCUT2D eigenvalue weighted by Crippen LogP contribution is 2.32. The number of carbonyl (C=O) groups is 1. The number of aromatic amines is 1. The van der Waals surface area contributed by atoms with E-state index in [-0.39, 0.29) is 23.3 Å². The molecule has 0 saturated carbocycles. The van der Waals surface area contributed by atoms with Gasteiger partial charge in [-0.25, -0.2) is 0 Å². The Labute approximate surface area is 185 Å². The monoisotopic (exact) mass is 434 g/mol. The van der Waals surface area contributed by atoms with E-state index in [1.54, 1.807) is 41.7 Å². The lowest BCUT2D eigenvalue weighted by atomic mass is 9.90. The van der Waals surface area contributed by atoms with Gasteiger partial charge in [0.15, 0.2) is 0 Å². The lowest BCUT2D eigenvalue weighted by molar-refractivity contribution is -0.140. The van der Waals surface area contributed by atoms with E-state index in [4.69, 9.17) is 4.74 Å². The van der Waals surface area contributed by atoms with Crippen LogP contribution in [0.4, 0.5) is 0 Å². The number of carbonyl (C=O) groups excluding carboxylic acids is 1. The third kappa shape index (κ3) is 4.03. The minimum Gasteiger partial charge on any atom is -0.507 e. The van der Waals surface area contributed by atoms with Crippen molar-refractivity contribution in [3.05, 3.63) is 81.7 Å². The van der Waals surface area contributed by atoms with E-state index < -0.39 is 11.9 Å². The number of nitrogens with one attached hydrogen (secondary N) is 1. The Balaban J connectivity index is 1.73. The van der Waals surface area contributed by atoms with Gasteiger partial charge in [0.05, 0.1) is 25.3 Å². The highest BCUT2D eigenvalue weighted by molar-refractivity contribution is 5.83. The van der Waals surface area contributed by atoms with Crippen LogP contribution in [0.5, 0.6) is 5.75 Å². The third-order valence-corrected chi connectivity index (χ3v) is 5.88. The van der Waals surface area contributed by atoms with Gasteiger partial charge in [0, 0.05) is 48.5 Å². The second kappa shape index (κ2) is 8.74. The molecule has 0 aliphatic rings. The van der Waals surface area contributed by atoms with Crippen molar-refractivity contribution in [2.45, 2.75) is 32.2 Å². The number of nitrogens with zero attached hydrogens (tertiary/aromatic N) is 3. The van der Waals surface area contributed by atoms with E-state index in [0.717, 1.165) is 16.5 Å². The fourth-order valence-corrected chi connectivity index (χ4v) is 4.20. The molecule has 1 aromatic carbocycles. The maximum Gasteiger partial charge on any atom is 0.306 e. The first-order valence-electron chi connectivity index (χ1n) is 10.4. The highest BCUT2D eigenvalue weighted by atomic mass is 16.5. The van der Waals surface area contributed by atoms with Gasteiger partial charge in [-0.3, -0.25) is 14.3 Å². The summed E-state index contributed by atoms with van der Waals surface area (Å²) >= 11 is 0. The molecule has 0 aliphatic heterocycles. The molecule has 0 fully saturated rings. The summed E-state index contributed by atoms with van der Waals surface area (Å²) in [6.45, 7) is 2.23. The first-order chi connectivity index (χ1) is 15.4. The third-order valence-electron chi connectivity index (χ3n) is 5.88. The maximum atomic E-state index is 13.5. The number of benzene rings is 1. The van der Waals surface area contributed by atoms with Crippen LogP contribution in [-0.2, 0) is 29.5 Å². The molecular weight excluding hydrogens is 408 g/mol.